The zero-order valence-corrected chi connectivity index (χ0v) is 25.8. The maximum atomic E-state index is 2.46. The molecule has 6 heterocycles. The lowest BCUT2D eigenvalue weighted by Gasteiger charge is -2.08. The summed E-state index contributed by atoms with van der Waals surface area (Å²) in [7, 11) is 0. The van der Waals surface area contributed by atoms with Crippen LogP contribution in [0.25, 0.3) is 48.8 Å². The zero-order valence-electron chi connectivity index (χ0n) is 20.9. The minimum Gasteiger partial charge on any atom is -0.139 e. The van der Waals surface area contributed by atoms with Crippen molar-refractivity contribution in [3.8, 4) is 48.8 Å². The first kappa shape index (κ1) is 24.0. The zero-order chi connectivity index (χ0) is 25.1. The molecular formula is C32H26S6. The molecule has 8 rings (SSSR count). The first-order chi connectivity index (χ1) is 18.8. The molecule has 0 aliphatic heterocycles. The number of hydrogen-bond donors (Lipinski definition) is 0. The Morgan fingerprint density at radius 2 is 0.605 bits per heavy atom. The van der Waals surface area contributed by atoms with Gasteiger partial charge in [0.25, 0.3) is 0 Å². The maximum Gasteiger partial charge on any atom is 0.0449 e. The second-order valence-electron chi connectivity index (χ2n) is 10.2. The monoisotopic (exact) mass is 602 g/mol. The van der Waals surface area contributed by atoms with E-state index < -0.39 is 0 Å². The predicted molar refractivity (Wildman–Crippen MR) is 174 cm³/mol. The molecule has 0 spiro atoms. The summed E-state index contributed by atoms with van der Waals surface area (Å²) in [5.41, 5.74) is 3.20. The van der Waals surface area contributed by atoms with Crippen LogP contribution >= 0.6 is 68.0 Å². The molecule has 0 aromatic carbocycles. The normalized spacial score (nSPS) is 15.1. The van der Waals surface area contributed by atoms with Gasteiger partial charge in [-0.2, -0.15) is 0 Å². The van der Waals surface area contributed by atoms with Crippen molar-refractivity contribution in [3.63, 3.8) is 0 Å². The highest BCUT2D eigenvalue weighted by atomic mass is 32.1. The molecule has 0 nitrogen and oxygen atoms in total. The van der Waals surface area contributed by atoms with Gasteiger partial charge >= 0.3 is 0 Å². The lowest BCUT2D eigenvalue weighted by molar-refractivity contribution is 0.697. The Bertz CT molecular complexity index is 1570. The lowest BCUT2D eigenvalue weighted by Crippen LogP contribution is -1.96. The average Bonchev–Trinajstić information content (AvgIpc) is 3.76. The summed E-state index contributed by atoms with van der Waals surface area (Å²) in [6.07, 6.45) is 10.5. The fourth-order valence-corrected chi connectivity index (χ4v) is 12.6. The van der Waals surface area contributed by atoms with E-state index in [1.54, 1.807) is 20.9 Å². The van der Waals surface area contributed by atoms with Gasteiger partial charge < -0.3 is 0 Å². The van der Waals surface area contributed by atoms with E-state index in [1.165, 1.54) is 100 Å². The van der Waals surface area contributed by atoms with E-state index in [4.69, 9.17) is 0 Å². The fourth-order valence-electron chi connectivity index (χ4n) is 5.64. The van der Waals surface area contributed by atoms with Crippen molar-refractivity contribution in [2.45, 2.75) is 51.4 Å². The third-order valence-electron chi connectivity index (χ3n) is 7.63. The Labute approximate surface area is 247 Å². The molecule has 6 heteroatoms. The molecule has 0 fully saturated rings. The van der Waals surface area contributed by atoms with Gasteiger partial charge in [0.05, 0.1) is 0 Å². The van der Waals surface area contributed by atoms with Gasteiger partial charge in [-0.3, -0.25) is 0 Å². The van der Waals surface area contributed by atoms with Gasteiger partial charge in [0.2, 0.25) is 0 Å². The molecule has 0 N–H and O–H groups in total. The molecule has 6 aromatic heterocycles. The van der Waals surface area contributed by atoms with Crippen LogP contribution in [-0.4, -0.2) is 0 Å². The minimum atomic E-state index is 1.27. The van der Waals surface area contributed by atoms with Gasteiger partial charge in [0.1, 0.15) is 0 Å². The van der Waals surface area contributed by atoms with Gasteiger partial charge in [-0.15, -0.1) is 68.0 Å². The van der Waals surface area contributed by atoms with Crippen LogP contribution in [-0.2, 0) is 25.7 Å². The van der Waals surface area contributed by atoms with Gasteiger partial charge in [-0.1, -0.05) is 0 Å². The maximum absolute atomic E-state index is 2.46. The van der Waals surface area contributed by atoms with Crippen molar-refractivity contribution in [3.05, 3.63) is 81.5 Å². The highest BCUT2D eigenvalue weighted by Crippen LogP contribution is 2.47. The van der Waals surface area contributed by atoms with E-state index >= 15 is 0 Å². The highest BCUT2D eigenvalue weighted by molar-refractivity contribution is 7.30. The summed E-state index contributed by atoms with van der Waals surface area (Å²) in [6, 6.07) is 23.5. The van der Waals surface area contributed by atoms with E-state index in [-0.39, 0.29) is 0 Å². The number of aryl methyl sites for hydroxylation is 4. The summed E-state index contributed by atoms with van der Waals surface area (Å²) in [6.45, 7) is 0. The van der Waals surface area contributed by atoms with Crippen molar-refractivity contribution >= 4 is 68.0 Å². The Morgan fingerprint density at radius 3 is 0.921 bits per heavy atom. The Hall–Kier alpha value is -1.80. The van der Waals surface area contributed by atoms with E-state index in [0.29, 0.717) is 0 Å². The molecule has 0 atom stereocenters. The third kappa shape index (κ3) is 4.43. The van der Waals surface area contributed by atoms with Crippen LogP contribution < -0.4 is 0 Å². The standard InChI is InChI=1S/C32H26S6/c1-3-7-21-19(5-1)17-31(33-21)29-15-13-27(37-29)25-11-9-23(35-25)24-10-12-26(36-24)28-14-16-30(38-28)32-18-20-6-2-4-8-22(20)34-32/h9-18H,1-8H2. The van der Waals surface area contributed by atoms with Crippen LogP contribution in [0, 0.1) is 0 Å². The molecule has 190 valence electrons. The summed E-state index contributed by atoms with van der Waals surface area (Å²) in [5.74, 6) is 0. The van der Waals surface area contributed by atoms with Gasteiger partial charge in [0, 0.05) is 58.5 Å². The number of fused-ring (bicyclic) bond motifs is 2. The molecule has 0 unspecified atom stereocenters. The largest absolute Gasteiger partial charge is 0.139 e. The number of hydrogen-bond acceptors (Lipinski definition) is 6. The predicted octanol–water partition coefficient (Wildman–Crippen LogP) is 12.1. The fraction of sp³-hybridized carbons (Fsp3) is 0.250. The number of rotatable bonds is 5. The molecule has 6 aromatic rings. The molecule has 0 amide bonds. The Balaban J connectivity index is 1.02. The molecule has 0 saturated heterocycles. The number of thiophene rings is 6. The SMILES string of the molecule is c1cc(-c2ccc(-c3cc4c(s3)CCCC4)s2)sc1-c1ccc(-c2ccc(-c3cc4c(s3)CCCC4)s2)s1. The highest BCUT2D eigenvalue weighted by Gasteiger charge is 2.18. The van der Waals surface area contributed by atoms with Crippen LogP contribution in [0.2, 0.25) is 0 Å². The summed E-state index contributed by atoms with van der Waals surface area (Å²) in [4.78, 5) is 17.3. The molecular weight excluding hydrogens is 577 g/mol. The summed E-state index contributed by atoms with van der Waals surface area (Å²) in [5, 5.41) is 0. The van der Waals surface area contributed by atoms with Crippen molar-refractivity contribution in [1.29, 1.82) is 0 Å². The van der Waals surface area contributed by atoms with Crippen molar-refractivity contribution in [2.75, 3.05) is 0 Å². The van der Waals surface area contributed by atoms with Gasteiger partial charge in [0.15, 0.2) is 0 Å². The van der Waals surface area contributed by atoms with Crippen molar-refractivity contribution in [2.24, 2.45) is 0 Å². The van der Waals surface area contributed by atoms with E-state index in [2.05, 4.69) is 60.7 Å². The van der Waals surface area contributed by atoms with Crippen LogP contribution in [0.4, 0.5) is 0 Å². The Morgan fingerprint density at radius 1 is 0.316 bits per heavy atom. The lowest BCUT2D eigenvalue weighted by atomic mass is 9.99. The van der Waals surface area contributed by atoms with Crippen LogP contribution in [0.1, 0.15) is 46.6 Å². The van der Waals surface area contributed by atoms with E-state index in [9.17, 15) is 0 Å². The smallest absolute Gasteiger partial charge is 0.0449 e. The molecule has 2 aliphatic rings. The molecule has 38 heavy (non-hydrogen) atoms. The second-order valence-corrected chi connectivity index (χ2v) is 16.8. The van der Waals surface area contributed by atoms with E-state index in [0.717, 1.165) is 0 Å². The average molecular weight is 603 g/mol. The second kappa shape index (κ2) is 9.99. The van der Waals surface area contributed by atoms with Crippen LogP contribution in [0.5, 0.6) is 0 Å². The van der Waals surface area contributed by atoms with E-state index in [1.807, 2.05) is 68.0 Å². The van der Waals surface area contributed by atoms with Crippen LogP contribution in [0.15, 0.2) is 60.7 Å². The van der Waals surface area contributed by atoms with Crippen LogP contribution in [0.3, 0.4) is 0 Å². The topological polar surface area (TPSA) is 0 Å². The third-order valence-corrected chi connectivity index (χ3v) is 15.4. The quantitative estimate of drug-likeness (QED) is 0.184. The summed E-state index contributed by atoms with van der Waals surface area (Å²) >= 11 is 11.8. The van der Waals surface area contributed by atoms with Gasteiger partial charge in [-0.05, 0) is 123 Å². The molecule has 0 bridgehead atoms. The Kier molecular flexibility index (Phi) is 6.32. The molecule has 0 saturated carbocycles. The molecule has 2 aliphatic carbocycles. The first-order valence-electron chi connectivity index (χ1n) is 13.4. The van der Waals surface area contributed by atoms with Crippen molar-refractivity contribution in [1.82, 2.24) is 0 Å². The minimum absolute atomic E-state index is 1.27. The van der Waals surface area contributed by atoms with Gasteiger partial charge in [-0.25, -0.2) is 0 Å². The summed E-state index contributed by atoms with van der Waals surface area (Å²) < 4.78 is 0. The molecule has 0 radical (unpaired) electrons. The van der Waals surface area contributed by atoms with Crippen molar-refractivity contribution < 1.29 is 0 Å². The first-order valence-corrected chi connectivity index (χ1v) is 18.3.